The second-order valence-corrected chi connectivity index (χ2v) is 7.45. The Balaban J connectivity index is 0.00000300. The van der Waals surface area contributed by atoms with E-state index in [0.29, 0.717) is 19.5 Å². The Bertz CT molecular complexity index is 760. The molecule has 0 saturated carbocycles. The van der Waals surface area contributed by atoms with Crippen LogP contribution in [0.15, 0.2) is 29.3 Å². The lowest BCUT2D eigenvalue weighted by Crippen LogP contribution is -2.51. The summed E-state index contributed by atoms with van der Waals surface area (Å²) in [4.78, 5) is 30.6. The molecular weight excluding hydrogens is 488 g/mol. The Morgan fingerprint density at radius 2 is 2.14 bits per heavy atom. The van der Waals surface area contributed by atoms with E-state index >= 15 is 0 Å². The normalized spacial score (nSPS) is 21.5. The van der Waals surface area contributed by atoms with E-state index in [4.69, 9.17) is 0 Å². The van der Waals surface area contributed by atoms with Crippen LogP contribution in [-0.4, -0.2) is 61.9 Å². The standard InChI is InChI=1S/C20H28FN5O2.HI/c1-2-22-19(26-11-5-8-20(14-26)12-17(27)25-13-20)24-10-9-23-18(28)15-6-3-4-7-16(15)21;/h3-4,6-7H,2,5,8-14H2,1H3,(H,22,24)(H,23,28)(H,25,27);1H. The third kappa shape index (κ3) is 6.03. The SMILES string of the molecule is CCNC(=NCCNC(=O)c1ccccc1F)N1CCCC2(CNC(=O)C2)C1.I. The van der Waals surface area contributed by atoms with Gasteiger partial charge in [-0.25, -0.2) is 4.39 Å². The van der Waals surface area contributed by atoms with Crippen LogP contribution in [0.1, 0.15) is 36.5 Å². The highest BCUT2D eigenvalue weighted by atomic mass is 127. The van der Waals surface area contributed by atoms with E-state index in [-0.39, 0.29) is 40.9 Å². The number of benzene rings is 1. The number of hydrogen-bond donors (Lipinski definition) is 3. The zero-order valence-corrected chi connectivity index (χ0v) is 19.0. The van der Waals surface area contributed by atoms with Gasteiger partial charge in [0.2, 0.25) is 5.91 Å². The lowest BCUT2D eigenvalue weighted by atomic mass is 9.79. The quantitative estimate of drug-likeness (QED) is 0.241. The fourth-order valence-corrected chi connectivity index (χ4v) is 3.93. The summed E-state index contributed by atoms with van der Waals surface area (Å²) in [6.07, 6.45) is 2.63. The second kappa shape index (κ2) is 10.7. The summed E-state index contributed by atoms with van der Waals surface area (Å²) in [5.74, 6) is -0.0540. The van der Waals surface area contributed by atoms with Crippen molar-refractivity contribution in [2.24, 2.45) is 10.4 Å². The molecule has 3 rings (SSSR count). The van der Waals surface area contributed by atoms with Crippen LogP contribution in [0.4, 0.5) is 4.39 Å². The molecule has 1 aromatic carbocycles. The predicted molar refractivity (Wildman–Crippen MR) is 121 cm³/mol. The van der Waals surface area contributed by atoms with Gasteiger partial charge < -0.3 is 20.9 Å². The van der Waals surface area contributed by atoms with Crippen molar-refractivity contribution in [1.29, 1.82) is 0 Å². The molecule has 7 nitrogen and oxygen atoms in total. The molecule has 2 aliphatic rings. The molecule has 2 saturated heterocycles. The van der Waals surface area contributed by atoms with Crippen molar-refractivity contribution in [2.45, 2.75) is 26.2 Å². The number of likely N-dealkylation sites (tertiary alicyclic amines) is 1. The van der Waals surface area contributed by atoms with Crippen LogP contribution in [0.5, 0.6) is 0 Å². The predicted octanol–water partition coefficient (Wildman–Crippen LogP) is 1.74. The number of piperidine rings is 1. The molecule has 2 heterocycles. The Labute approximate surface area is 187 Å². The molecule has 29 heavy (non-hydrogen) atoms. The Kier molecular flexibility index (Phi) is 8.66. The van der Waals surface area contributed by atoms with E-state index in [2.05, 4.69) is 25.8 Å². The monoisotopic (exact) mass is 517 g/mol. The summed E-state index contributed by atoms with van der Waals surface area (Å²) in [6.45, 7) is 5.87. The number of hydrogen-bond acceptors (Lipinski definition) is 3. The molecule has 0 aliphatic carbocycles. The molecule has 1 spiro atoms. The highest BCUT2D eigenvalue weighted by molar-refractivity contribution is 14.0. The van der Waals surface area contributed by atoms with Gasteiger partial charge in [-0.1, -0.05) is 12.1 Å². The summed E-state index contributed by atoms with van der Waals surface area (Å²) in [5.41, 5.74) is 0.0275. The highest BCUT2D eigenvalue weighted by Crippen LogP contribution is 2.35. The van der Waals surface area contributed by atoms with E-state index in [9.17, 15) is 14.0 Å². The van der Waals surface area contributed by atoms with Crippen molar-refractivity contribution in [3.8, 4) is 0 Å². The smallest absolute Gasteiger partial charge is 0.254 e. The highest BCUT2D eigenvalue weighted by Gasteiger charge is 2.42. The third-order valence-corrected chi connectivity index (χ3v) is 5.27. The van der Waals surface area contributed by atoms with Gasteiger partial charge in [-0.15, -0.1) is 24.0 Å². The molecule has 1 aromatic rings. The molecule has 1 unspecified atom stereocenters. The first-order valence-corrected chi connectivity index (χ1v) is 9.86. The van der Waals surface area contributed by atoms with Gasteiger partial charge in [0, 0.05) is 44.6 Å². The Morgan fingerprint density at radius 1 is 1.34 bits per heavy atom. The van der Waals surface area contributed by atoms with Crippen molar-refractivity contribution in [3.63, 3.8) is 0 Å². The van der Waals surface area contributed by atoms with Gasteiger partial charge in [0.1, 0.15) is 5.82 Å². The molecule has 2 aliphatic heterocycles. The minimum atomic E-state index is -0.532. The van der Waals surface area contributed by atoms with Crippen molar-refractivity contribution in [2.75, 3.05) is 39.3 Å². The Morgan fingerprint density at radius 3 is 2.83 bits per heavy atom. The number of aliphatic imine (C=N–C) groups is 1. The van der Waals surface area contributed by atoms with E-state index in [1.165, 1.54) is 12.1 Å². The minimum absolute atomic E-state index is 0. The maximum absolute atomic E-state index is 13.7. The van der Waals surface area contributed by atoms with Crippen molar-refractivity contribution >= 4 is 41.8 Å². The largest absolute Gasteiger partial charge is 0.357 e. The van der Waals surface area contributed by atoms with E-state index < -0.39 is 11.7 Å². The number of guanidine groups is 1. The topological polar surface area (TPSA) is 85.8 Å². The van der Waals surface area contributed by atoms with Crippen molar-refractivity contribution in [1.82, 2.24) is 20.9 Å². The maximum atomic E-state index is 13.7. The molecule has 9 heteroatoms. The summed E-state index contributed by atoms with van der Waals surface area (Å²) < 4.78 is 13.7. The number of rotatable bonds is 5. The summed E-state index contributed by atoms with van der Waals surface area (Å²) in [6, 6.07) is 5.92. The molecule has 160 valence electrons. The van der Waals surface area contributed by atoms with E-state index in [0.717, 1.165) is 45.0 Å². The van der Waals surface area contributed by atoms with Crippen LogP contribution in [0, 0.1) is 11.2 Å². The Hall–Kier alpha value is -1.91. The van der Waals surface area contributed by atoms with Gasteiger partial charge in [0.25, 0.3) is 5.91 Å². The van der Waals surface area contributed by atoms with Gasteiger partial charge in [-0.3, -0.25) is 14.6 Å². The lowest BCUT2D eigenvalue weighted by Gasteiger charge is -2.40. The molecule has 3 N–H and O–H groups in total. The molecule has 1 atom stereocenters. The van der Waals surface area contributed by atoms with Gasteiger partial charge in [-0.2, -0.15) is 0 Å². The molecule has 0 bridgehead atoms. The number of nitrogens with zero attached hydrogens (tertiary/aromatic N) is 2. The van der Waals surface area contributed by atoms with Crippen LogP contribution in [-0.2, 0) is 4.79 Å². The lowest BCUT2D eigenvalue weighted by molar-refractivity contribution is -0.119. The molecule has 2 fully saturated rings. The van der Waals surface area contributed by atoms with Crippen LogP contribution < -0.4 is 16.0 Å². The molecule has 0 aromatic heterocycles. The van der Waals surface area contributed by atoms with Gasteiger partial charge in [-0.05, 0) is 31.9 Å². The van der Waals surface area contributed by atoms with Crippen LogP contribution >= 0.6 is 24.0 Å². The molecular formula is C20H29FIN5O2. The fourth-order valence-electron chi connectivity index (χ4n) is 3.93. The summed E-state index contributed by atoms with van der Waals surface area (Å²) >= 11 is 0. The average Bonchev–Trinajstić information content (AvgIpc) is 3.04. The first kappa shape index (κ1) is 23.4. The first-order valence-electron chi connectivity index (χ1n) is 9.86. The zero-order chi connectivity index (χ0) is 20.0. The van der Waals surface area contributed by atoms with Crippen molar-refractivity contribution in [3.05, 3.63) is 35.6 Å². The molecule has 2 amide bonds. The van der Waals surface area contributed by atoms with E-state index in [1.807, 2.05) is 6.92 Å². The number of carbonyl (C=O) groups is 2. The minimum Gasteiger partial charge on any atom is -0.357 e. The van der Waals surface area contributed by atoms with Crippen molar-refractivity contribution < 1.29 is 14.0 Å². The van der Waals surface area contributed by atoms with Crippen LogP contribution in [0.3, 0.4) is 0 Å². The molecule has 0 radical (unpaired) electrons. The number of carbonyl (C=O) groups excluding carboxylic acids is 2. The van der Waals surface area contributed by atoms with Gasteiger partial charge >= 0.3 is 0 Å². The maximum Gasteiger partial charge on any atom is 0.254 e. The average molecular weight is 517 g/mol. The summed E-state index contributed by atoms with van der Waals surface area (Å²) in [7, 11) is 0. The second-order valence-electron chi connectivity index (χ2n) is 7.45. The zero-order valence-electron chi connectivity index (χ0n) is 16.7. The van der Waals surface area contributed by atoms with Crippen LogP contribution in [0.25, 0.3) is 0 Å². The summed E-state index contributed by atoms with van der Waals surface area (Å²) in [5, 5.41) is 8.96. The third-order valence-electron chi connectivity index (χ3n) is 5.27. The first-order chi connectivity index (χ1) is 13.5. The number of halogens is 2. The number of nitrogens with one attached hydrogen (secondary N) is 3. The van der Waals surface area contributed by atoms with E-state index in [1.54, 1.807) is 12.1 Å². The number of amides is 2. The fraction of sp³-hybridized carbons (Fsp3) is 0.550. The van der Waals surface area contributed by atoms with Gasteiger partial charge in [0.05, 0.1) is 12.1 Å². The van der Waals surface area contributed by atoms with Crippen LogP contribution in [0.2, 0.25) is 0 Å². The van der Waals surface area contributed by atoms with Gasteiger partial charge in [0.15, 0.2) is 5.96 Å².